The fraction of sp³-hybridized carbons (Fsp3) is 0.529. The Labute approximate surface area is 110 Å². The third kappa shape index (κ3) is 1.91. The van der Waals surface area contributed by atoms with E-state index in [9.17, 15) is 0 Å². The van der Waals surface area contributed by atoms with E-state index < -0.39 is 0 Å². The Morgan fingerprint density at radius 3 is 3.06 bits per heavy atom. The van der Waals surface area contributed by atoms with Gasteiger partial charge in [-0.1, -0.05) is 30.3 Å². The average molecular weight is 241 g/mol. The summed E-state index contributed by atoms with van der Waals surface area (Å²) in [6.45, 7) is 3.85. The van der Waals surface area contributed by atoms with Gasteiger partial charge in [0.15, 0.2) is 0 Å². The molecule has 0 aliphatic heterocycles. The molecule has 0 amide bonds. The molecule has 0 spiro atoms. The molecule has 4 atom stereocenters. The van der Waals surface area contributed by atoms with Crippen molar-refractivity contribution in [3.63, 3.8) is 0 Å². The van der Waals surface area contributed by atoms with E-state index in [4.69, 9.17) is 0 Å². The van der Waals surface area contributed by atoms with Crippen LogP contribution in [0.15, 0.2) is 36.9 Å². The minimum atomic E-state index is 0.671. The van der Waals surface area contributed by atoms with Crippen molar-refractivity contribution < 1.29 is 0 Å². The lowest BCUT2D eigenvalue weighted by Crippen LogP contribution is -2.28. The molecule has 1 aromatic carbocycles. The molecule has 1 heteroatoms. The molecule has 96 valence electrons. The van der Waals surface area contributed by atoms with Gasteiger partial charge in [0.05, 0.1) is 0 Å². The van der Waals surface area contributed by atoms with Crippen LogP contribution >= 0.6 is 0 Å². The van der Waals surface area contributed by atoms with E-state index in [0.29, 0.717) is 6.04 Å². The van der Waals surface area contributed by atoms with Crippen molar-refractivity contribution in [3.05, 3.63) is 48.0 Å². The molecule has 0 radical (unpaired) electrons. The number of benzene rings is 1. The van der Waals surface area contributed by atoms with E-state index in [0.717, 1.165) is 24.2 Å². The van der Waals surface area contributed by atoms with Crippen LogP contribution < -0.4 is 5.32 Å². The van der Waals surface area contributed by atoms with Gasteiger partial charge < -0.3 is 5.32 Å². The molecule has 1 aromatic rings. The van der Waals surface area contributed by atoms with Crippen LogP contribution in [0.5, 0.6) is 0 Å². The molecule has 1 fully saturated rings. The first kappa shape index (κ1) is 12.0. The number of hydrogen-bond acceptors (Lipinski definition) is 1. The summed E-state index contributed by atoms with van der Waals surface area (Å²) in [5.41, 5.74) is 3.23. The van der Waals surface area contributed by atoms with Gasteiger partial charge in [0.1, 0.15) is 0 Å². The monoisotopic (exact) mass is 241 g/mol. The van der Waals surface area contributed by atoms with Gasteiger partial charge in [0.2, 0.25) is 0 Å². The zero-order valence-electron chi connectivity index (χ0n) is 11.2. The molecule has 1 nitrogen and oxygen atoms in total. The van der Waals surface area contributed by atoms with E-state index in [1.165, 1.54) is 19.3 Å². The van der Waals surface area contributed by atoms with Crippen molar-refractivity contribution >= 4 is 0 Å². The van der Waals surface area contributed by atoms with E-state index >= 15 is 0 Å². The molecule has 0 aromatic heterocycles. The van der Waals surface area contributed by atoms with Crippen molar-refractivity contribution in [1.29, 1.82) is 0 Å². The van der Waals surface area contributed by atoms with Crippen LogP contribution in [0.1, 0.15) is 36.3 Å². The van der Waals surface area contributed by atoms with Crippen LogP contribution in [-0.2, 0) is 6.42 Å². The normalized spacial score (nSPS) is 30.2. The van der Waals surface area contributed by atoms with Crippen molar-refractivity contribution in [2.45, 2.75) is 37.6 Å². The van der Waals surface area contributed by atoms with Crippen LogP contribution in [0.2, 0.25) is 0 Å². The largest absolute Gasteiger partial charge is 0.317 e. The summed E-state index contributed by atoms with van der Waals surface area (Å²) < 4.78 is 0. The predicted octanol–water partition coefficient (Wildman–Crippen LogP) is 3.52. The Hall–Kier alpha value is -1.08. The van der Waals surface area contributed by atoms with Gasteiger partial charge in [-0.2, -0.15) is 0 Å². The zero-order chi connectivity index (χ0) is 12.5. The summed E-state index contributed by atoms with van der Waals surface area (Å²) >= 11 is 0. The van der Waals surface area contributed by atoms with Gasteiger partial charge in [-0.15, -0.1) is 6.58 Å². The molecule has 3 rings (SSSR count). The molecule has 4 unspecified atom stereocenters. The van der Waals surface area contributed by atoms with Crippen molar-refractivity contribution in [1.82, 2.24) is 5.32 Å². The second kappa shape index (κ2) is 4.89. The summed E-state index contributed by atoms with van der Waals surface area (Å²) in [6.07, 6.45) is 7.08. The van der Waals surface area contributed by atoms with Crippen LogP contribution in [0.25, 0.3) is 0 Å². The summed E-state index contributed by atoms with van der Waals surface area (Å²) in [6, 6.07) is 9.73. The second-order valence-corrected chi connectivity index (χ2v) is 5.77. The van der Waals surface area contributed by atoms with E-state index in [-0.39, 0.29) is 0 Å². The minimum Gasteiger partial charge on any atom is -0.317 e. The van der Waals surface area contributed by atoms with Gasteiger partial charge in [-0.25, -0.2) is 0 Å². The maximum Gasteiger partial charge on any atom is 0.0104 e. The number of hydrogen-bond donors (Lipinski definition) is 1. The Morgan fingerprint density at radius 1 is 1.44 bits per heavy atom. The smallest absolute Gasteiger partial charge is 0.0104 e. The number of allylic oxidation sites excluding steroid dienone is 1. The quantitative estimate of drug-likeness (QED) is 0.778. The Bertz CT molecular complexity index is 437. The predicted molar refractivity (Wildman–Crippen MR) is 76.8 cm³/mol. The lowest BCUT2D eigenvalue weighted by atomic mass is 9.92. The Kier molecular flexibility index (Phi) is 3.25. The second-order valence-electron chi connectivity index (χ2n) is 5.77. The van der Waals surface area contributed by atoms with Crippen molar-refractivity contribution in [2.24, 2.45) is 11.8 Å². The van der Waals surface area contributed by atoms with Gasteiger partial charge in [0.25, 0.3) is 0 Å². The minimum absolute atomic E-state index is 0.671. The highest BCUT2D eigenvalue weighted by Gasteiger charge is 2.55. The molecule has 0 bridgehead atoms. The third-order valence-corrected chi connectivity index (χ3v) is 4.91. The Balaban J connectivity index is 1.77. The molecule has 2 aliphatic carbocycles. The molecule has 1 saturated carbocycles. The maximum atomic E-state index is 3.85. The standard InChI is InChI=1S/C17H23N/c1-3-4-9-15(18-2)17-14-11-10-12-7-5-6-8-13(12)16(14)17/h3,5-8,14-18H,1,4,9-11H2,2H3. The number of aryl methyl sites for hydroxylation is 1. The summed E-state index contributed by atoms with van der Waals surface area (Å²) in [7, 11) is 2.12. The molecule has 2 aliphatic rings. The van der Waals surface area contributed by atoms with Crippen LogP contribution in [0, 0.1) is 11.8 Å². The van der Waals surface area contributed by atoms with Gasteiger partial charge in [-0.3, -0.25) is 0 Å². The molecular formula is C17H23N. The van der Waals surface area contributed by atoms with Crippen LogP contribution in [0.3, 0.4) is 0 Å². The van der Waals surface area contributed by atoms with Gasteiger partial charge in [0, 0.05) is 6.04 Å². The fourth-order valence-electron chi connectivity index (χ4n) is 3.99. The molecule has 18 heavy (non-hydrogen) atoms. The number of nitrogens with one attached hydrogen (secondary N) is 1. The SMILES string of the molecule is C=CCCC(NC)C1C2CCc3ccccc3C21. The van der Waals surface area contributed by atoms with Gasteiger partial charge in [-0.05, 0) is 61.6 Å². The molecule has 0 heterocycles. The van der Waals surface area contributed by atoms with Crippen LogP contribution in [0.4, 0.5) is 0 Å². The van der Waals surface area contributed by atoms with E-state index in [2.05, 4.69) is 43.2 Å². The van der Waals surface area contributed by atoms with Gasteiger partial charge >= 0.3 is 0 Å². The Morgan fingerprint density at radius 2 is 2.28 bits per heavy atom. The highest BCUT2D eigenvalue weighted by Crippen LogP contribution is 2.61. The number of fused-ring (bicyclic) bond motifs is 3. The summed E-state index contributed by atoms with van der Waals surface area (Å²) in [5.74, 6) is 2.62. The topological polar surface area (TPSA) is 12.0 Å². The lowest BCUT2D eigenvalue weighted by molar-refractivity contribution is 0.442. The van der Waals surface area contributed by atoms with E-state index in [1.807, 2.05) is 6.08 Å². The molecular weight excluding hydrogens is 218 g/mol. The molecule has 0 saturated heterocycles. The highest BCUT2D eigenvalue weighted by atomic mass is 14.9. The summed E-state index contributed by atoms with van der Waals surface area (Å²) in [5, 5.41) is 3.54. The van der Waals surface area contributed by atoms with E-state index in [1.54, 1.807) is 11.1 Å². The average Bonchev–Trinajstić information content (AvgIpc) is 3.15. The number of rotatable bonds is 5. The fourth-order valence-corrected chi connectivity index (χ4v) is 3.99. The maximum absolute atomic E-state index is 3.85. The first-order valence-corrected chi connectivity index (χ1v) is 7.22. The first-order chi connectivity index (χ1) is 8.86. The molecule has 1 N–H and O–H groups in total. The summed E-state index contributed by atoms with van der Waals surface area (Å²) in [4.78, 5) is 0. The third-order valence-electron chi connectivity index (χ3n) is 4.91. The van der Waals surface area contributed by atoms with Crippen molar-refractivity contribution in [2.75, 3.05) is 7.05 Å². The zero-order valence-corrected chi connectivity index (χ0v) is 11.2. The van der Waals surface area contributed by atoms with Crippen LogP contribution in [-0.4, -0.2) is 13.1 Å². The highest BCUT2D eigenvalue weighted by molar-refractivity contribution is 5.40. The van der Waals surface area contributed by atoms with Crippen molar-refractivity contribution in [3.8, 4) is 0 Å². The lowest BCUT2D eigenvalue weighted by Gasteiger charge is -2.15. The first-order valence-electron chi connectivity index (χ1n) is 7.22.